The quantitative estimate of drug-likeness (QED) is 0.116. The number of sulfonamides is 1. The predicted octanol–water partition coefficient (Wildman–Crippen LogP) is 8.58. The van der Waals surface area contributed by atoms with E-state index < -0.39 is 33.1 Å². The number of rotatable bonds is 6. The lowest BCUT2D eigenvalue weighted by atomic mass is 9.77. The van der Waals surface area contributed by atoms with Gasteiger partial charge in [0.15, 0.2) is 0 Å². The zero-order valence-electron chi connectivity index (χ0n) is 26.0. The number of aryl methyl sites for hydroxylation is 2. The lowest BCUT2D eigenvalue weighted by Gasteiger charge is -2.27. The normalized spacial score (nSPS) is 16.4. The average molecular weight is 730 g/mol. The Morgan fingerprint density at radius 1 is 0.680 bits per heavy atom. The number of nitrogens with zero attached hydrogens (tertiary/aromatic N) is 2. The number of hydrogen-bond acceptors (Lipinski definition) is 9. The van der Waals surface area contributed by atoms with Crippen LogP contribution in [0.1, 0.15) is 47.9 Å². The molecule has 0 unspecified atom stereocenters. The summed E-state index contributed by atoms with van der Waals surface area (Å²) in [7, 11) is -11.8. The van der Waals surface area contributed by atoms with E-state index in [1.807, 2.05) is 0 Å². The number of nitrogens with one attached hydrogen (secondary N) is 1. The average Bonchev–Trinajstić information content (AvgIpc) is 3.21. The van der Waals surface area contributed by atoms with E-state index in [9.17, 15) is 46.4 Å². The highest BCUT2D eigenvalue weighted by molar-refractivity contribution is 7.95. The SMILES string of the molecule is O=[N+]([O-])c1ccc(-c2cc3c(c4c2OP(=O)(NS(=O)(=O)C(F)(F)F)Oc2c(-c5ccc([N+](=O)[O-])cc5)cc5c(c2-4)CCCC5)CCCC3)cc1. The highest BCUT2D eigenvalue weighted by Crippen LogP contribution is 2.62. The number of hydrogen-bond donors (Lipinski definition) is 1. The first-order chi connectivity index (χ1) is 23.7. The van der Waals surface area contributed by atoms with Crippen molar-refractivity contribution in [3.05, 3.63) is 103 Å². The molecule has 0 amide bonds. The van der Waals surface area contributed by atoms with Gasteiger partial charge in [-0.3, -0.25) is 20.2 Å². The number of nitro benzene ring substituents is 2. The summed E-state index contributed by atoms with van der Waals surface area (Å²) in [4.78, 5) is 21.7. The van der Waals surface area contributed by atoms with E-state index in [1.165, 1.54) is 53.0 Å². The van der Waals surface area contributed by atoms with E-state index in [0.29, 0.717) is 47.9 Å². The molecule has 0 saturated heterocycles. The van der Waals surface area contributed by atoms with Crippen LogP contribution >= 0.6 is 7.75 Å². The number of halogens is 3. The van der Waals surface area contributed by atoms with Crippen LogP contribution in [0, 0.1) is 20.2 Å². The van der Waals surface area contributed by atoms with Crippen molar-refractivity contribution < 1.29 is 45.0 Å². The fourth-order valence-electron chi connectivity index (χ4n) is 6.94. The Labute approximate surface area is 283 Å². The van der Waals surface area contributed by atoms with Crippen LogP contribution in [0.25, 0.3) is 33.4 Å². The van der Waals surface area contributed by atoms with E-state index >= 15 is 0 Å². The number of fused-ring (bicyclic) bond motifs is 7. The fourth-order valence-corrected chi connectivity index (χ4v) is 9.72. The van der Waals surface area contributed by atoms with Gasteiger partial charge in [0.25, 0.3) is 11.4 Å². The number of benzene rings is 4. The van der Waals surface area contributed by atoms with Gasteiger partial charge in [0.1, 0.15) is 11.5 Å². The van der Waals surface area contributed by atoms with Gasteiger partial charge in [-0.15, -0.1) is 0 Å². The molecule has 0 spiro atoms. The third-order valence-electron chi connectivity index (χ3n) is 9.19. The van der Waals surface area contributed by atoms with Gasteiger partial charge in [0.2, 0.25) is 0 Å². The van der Waals surface area contributed by atoms with E-state index in [1.54, 1.807) is 12.1 Å². The fraction of sp³-hybridized carbons (Fsp3) is 0.273. The van der Waals surface area contributed by atoms with Crippen LogP contribution in [0.2, 0.25) is 0 Å². The minimum absolute atomic E-state index is 0.194. The van der Waals surface area contributed by atoms with Crippen molar-refractivity contribution in [2.75, 3.05) is 0 Å². The number of non-ortho nitro benzene ring substituents is 2. The first-order valence-electron chi connectivity index (χ1n) is 15.6. The van der Waals surface area contributed by atoms with E-state index in [2.05, 4.69) is 0 Å². The summed E-state index contributed by atoms with van der Waals surface area (Å²) in [5.41, 5.74) is -1.15. The second kappa shape index (κ2) is 12.2. The first-order valence-corrected chi connectivity index (χ1v) is 18.7. The maximum Gasteiger partial charge on any atom is 0.526 e. The van der Waals surface area contributed by atoms with Crippen molar-refractivity contribution in [1.82, 2.24) is 4.49 Å². The van der Waals surface area contributed by atoms with Crippen molar-refractivity contribution in [2.45, 2.75) is 56.9 Å². The van der Waals surface area contributed by atoms with Crippen molar-refractivity contribution in [3.8, 4) is 44.9 Å². The monoisotopic (exact) mass is 729 g/mol. The maximum atomic E-state index is 14.6. The second-order valence-corrected chi connectivity index (χ2v) is 15.8. The zero-order chi connectivity index (χ0) is 35.6. The lowest BCUT2D eigenvalue weighted by molar-refractivity contribution is -0.385. The summed E-state index contributed by atoms with van der Waals surface area (Å²) in [6, 6.07) is 14.1. The van der Waals surface area contributed by atoms with Gasteiger partial charge < -0.3 is 9.05 Å². The van der Waals surface area contributed by atoms with Crippen molar-refractivity contribution in [1.29, 1.82) is 0 Å². The predicted molar refractivity (Wildman–Crippen MR) is 176 cm³/mol. The molecule has 1 aliphatic heterocycles. The minimum atomic E-state index is -6.31. The maximum absolute atomic E-state index is 14.6. The molecule has 1 N–H and O–H groups in total. The Balaban J connectivity index is 1.60. The van der Waals surface area contributed by atoms with Crippen LogP contribution in [-0.4, -0.2) is 23.8 Å². The van der Waals surface area contributed by atoms with E-state index in [4.69, 9.17) is 9.05 Å². The van der Waals surface area contributed by atoms with Gasteiger partial charge in [-0.25, -0.2) is 13.0 Å². The molecule has 0 fully saturated rings. The van der Waals surface area contributed by atoms with E-state index in [-0.39, 0.29) is 34.0 Å². The van der Waals surface area contributed by atoms with Crippen LogP contribution in [0.5, 0.6) is 11.5 Å². The summed E-state index contributed by atoms with van der Waals surface area (Å²) in [6.45, 7) is 0. The molecule has 2 aliphatic carbocycles. The minimum Gasteiger partial charge on any atom is -0.403 e. The molecule has 4 aromatic rings. The van der Waals surface area contributed by atoms with Gasteiger partial charge in [-0.1, -0.05) is 4.49 Å². The molecule has 4 aromatic carbocycles. The standard InChI is InChI=1S/C33H27F3N3O9PS/c34-33(35,36)50(45,46)37-49(44)47-31-27(19-9-13-23(14-10-19)38(40)41)17-21-5-1-3-7-25(21)29(31)30-26-8-4-2-6-22(26)18-28(32(30)48-49)20-11-15-24(16-12-20)39(42)43/h9-18H,1-8H2,(H,37,44). The molecule has 7 rings (SSSR count). The molecule has 3 aliphatic rings. The Morgan fingerprint density at radius 2 is 1.06 bits per heavy atom. The molecule has 1 heterocycles. The Kier molecular flexibility index (Phi) is 8.23. The van der Waals surface area contributed by atoms with Gasteiger partial charge in [-0.2, -0.15) is 13.2 Å². The molecule has 12 nitrogen and oxygen atoms in total. The Hall–Kier alpha value is -4.79. The molecule has 50 heavy (non-hydrogen) atoms. The Morgan fingerprint density at radius 3 is 1.42 bits per heavy atom. The second-order valence-electron chi connectivity index (χ2n) is 12.3. The van der Waals surface area contributed by atoms with E-state index in [0.717, 1.165) is 47.9 Å². The third kappa shape index (κ3) is 5.90. The zero-order valence-corrected chi connectivity index (χ0v) is 27.7. The summed E-state index contributed by atoms with van der Waals surface area (Å²) in [5, 5.41) is 22.9. The van der Waals surface area contributed by atoms with Crippen molar-refractivity contribution in [3.63, 3.8) is 0 Å². The Bertz CT molecular complexity index is 2110. The molecule has 0 bridgehead atoms. The van der Waals surface area contributed by atoms with Crippen LogP contribution in [0.4, 0.5) is 24.5 Å². The first kappa shape index (κ1) is 33.7. The molecule has 0 aromatic heterocycles. The number of alkyl halides is 3. The van der Waals surface area contributed by atoms with Crippen LogP contribution < -0.4 is 13.5 Å². The van der Waals surface area contributed by atoms with Crippen LogP contribution in [0.3, 0.4) is 0 Å². The molecule has 0 radical (unpaired) electrons. The summed E-state index contributed by atoms with van der Waals surface area (Å²) >= 11 is 0. The number of nitro groups is 2. The molecular weight excluding hydrogens is 702 g/mol. The molecule has 0 atom stereocenters. The summed E-state index contributed by atoms with van der Waals surface area (Å²) < 4.78 is 94.2. The van der Waals surface area contributed by atoms with Crippen molar-refractivity contribution in [2.24, 2.45) is 0 Å². The molecular formula is C33H27F3N3O9PS. The topological polar surface area (TPSA) is 168 Å². The third-order valence-corrected chi connectivity index (χ3v) is 12.5. The highest BCUT2D eigenvalue weighted by atomic mass is 32.2. The largest absolute Gasteiger partial charge is 0.526 e. The molecule has 0 saturated carbocycles. The van der Waals surface area contributed by atoms with Gasteiger partial charge in [0, 0.05) is 46.5 Å². The lowest BCUT2D eigenvalue weighted by Crippen LogP contribution is -2.36. The van der Waals surface area contributed by atoms with Gasteiger partial charge >= 0.3 is 23.3 Å². The van der Waals surface area contributed by atoms with Crippen LogP contribution in [0.15, 0.2) is 60.7 Å². The van der Waals surface area contributed by atoms with Gasteiger partial charge in [0.05, 0.1) is 9.85 Å². The smallest absolute Gasteiger partial charge is 0.403 e. The molecule has 260 valence electrons. The van der Waals surface area contributed by atoms with Crippen LogP contribution in [-0.2, 0) is 40.3 Å². The van der Waals surface area contributed by atoms with Crippen molar-refractivity contribution >= 4 is 29.1 Å². The highest BCUT2D eigenvalue weighted by Gasteiger charge is 2.53. The summed E-state index contributed by atoms with van der Waals surface area (Å²) in [6.07, 6.45) is 5.38. The van der Waals surface area contributed by atoms with Gasteiger partial charge in [-0.05, 0) is 121 Å². The molecule has 17 heteroatoms. The summed E-state index contributed by atoms with van der Waals surface area (Å²) in [5.74, 6) is -0.389.